The van der Waals surface area contributed by atoms with E-state index in [1.54, 1.807) is 0 Å². The summed E-state index contributed by atoms with van der Waals surface area (Å²) in [5.74, 6) is 7.38. The number of rotatable bonds is 4. The minimum absolute atomic E-state index is 0.332. The molecular formula is C13H18N2O3. The van der Waals surface area contributed by atoms with Gasteiger partial charge >= 0.3 is 0 Å². The van der Waals surface area contributed by atoms with Crippen molar-refractivity contribution in [2.24, 2.45) is 11.8 Å². The van der Waals surface area contributed by atoms with Gasteiger partial charge in [-0.05, 0) is 36.6 Å². The standard InChI is InChI=1S/C13H18N2O3/c14-18-8-11-3-4-15(7-11)6-10-1-2-12-13(5-10)17-9-16-12/h1-2,5,11H,3-4,6-9,14H2. The third-order valence-corrected chi connectivity index (χ3v) is 3.55. The van der Waals surface area contributed by atoms with E-state index in [4.69, 9.17) is 20.2 Å². The molecule has 0 aliphatic carbocycles. The van der Waals surface area contributed by atoms with Crippen molar-refractivity contribution >= 4 is 0 Å². The third-order valence-electron chi connectivity index (χ3n) is 3.55. The summed E-state index contributed by atoms with van der Waals surface area (Å²) in [6.45, 7) is 4.07. The van der Waals surface area contributed by atoms with Crippen LogP contribution in [0.5, 0.6) is 11.5 Å². The van der Waals surface area contributed by atoms with Gasteiger partial charge in [-0.1, -0.05) is 6.07 Å². The maximum atomic E-state index is 5.39. The highest BCUT2D eigenvalue weighted by atomic mass is 16.7. The van der Waals surface area contributed by atoms with Crippen LogP contribution < -0.4 is 15.4 Å². The Hall–Kier alpha value is -1.30. The first-order valence-corrected chi connectivity index (χ1v) is 6.27. The van der Waals surface area contributed by atoms with E-state index in [2.05, 4.69) is 17.0 Å². The van der Waals surface area contributed by atoms with Gasteiger partial charge in [0.05, 0.1) is 6.61 Å². The lowest BCUT2D eigenvalue weighted by Gasteiger charge is -2.16. The highest BCUT2D eigenvalue weighted by Crippen LogP contribution is 2.33. The molecule has 2 N–H and O–H groups in total. The van der Waals surface area contributed by atoms with E-state index >= 15 is 0 Å². The molecule has 5 nitrogen and oxygen atoms in total. The molecule has 98 valence electrons. The van der Waals surface area contributed by atoms with Gasteiger partial charge in [-0.15, -0.1) is 0 Å². The van der Waals surface area contributed by atoms with Crippen LogP contribution in [0.1, 0.15) is 12.0 Å². The minimum atomic E-state index is 0.332. The van der Waals surface area contributed by atoms with Crippen molar-refractivity contribution in [1.29, 1.82) is 0 Å². The number of likely N-dealkylation sites (tertiary alicyclic amines) is 1. The Labute approximate surface area is 106 Å². The number of ether oxygens (including phenoxy) is 2. The maximum absolute atomic E-state index is 5.39. The number of hydrogen-bond donors (Lipinski definition) is 1. The number of hydrogen-bond acceptors (Lipinski definition) is 5. The number of benzene rings is 1. The fraction of sp³-hybridized carbons (Fsp3) is 0.538. The van der Waals surface area contributed by atoms with E-state index in [0.29, 0.717) is 19.3 Å². The molecule has 0 spiro atoms. The summed E-state index contributed by atoms with van der Waals surface area (Å²) in [4.78, 5) is 7.14. The predicted octanol–water partition coefficient (Wildman–Crippen LogP) is 1.13. The predicted molar refractivity (Wildman–Crippen MR) is 66.1 cm³/mol. The molecule has 1 atom stereocenters. The molecule has 0 saturated carbocycles. The Morgan fingerprint density at radius 3 is 3.11 bits per heavy atom. The first-order chi connectivity index (χ1) is 8.85. The van der Waals surface area contributed by atoms with Gasteiger partial charge < -0.3 is 14.3 Å². The van der Waals surface area contributed by atoms with E-state index in [0.717, 1.165) is 37.6 Å². The molecule has 1 aromatic rings. The van der Waals surface area contributed by atoms with Crippen LogP contribution in [0, 0.1) is 5.92 Å². The summed E-state index contributed by atoms with van der Waals surface area (Å²) in [5.41, 5.74) is 1.26. The molecule has 2 aliphatic rings. The smallest absolute Gasteiger partial charge is 0.231 e. The van der Waals surface area contributed by atoms with Gasteiger partial charge in [-0.25, -0.2) is 5.90 Å². The van der Waals surface area contributed by atoms with Crippen molar-refractivity contribution in [2.75, 3.05) is 26.5 Å². The molecule has 2 heterocycles. The lowest BCUT2D eigenvalue weighted by atomic mass is 10.1. The summed E-state index contributed by atoms with van der Waals surface area (Å²) in [7, 11) is 0. The van der Waals surface area contributed by atoms with Gasteiger partial charge in [0.25, 0.3) is 0 Å². The van der Waals surface area contributed by atoms with Gasteiger partial charge in [-0.3, -0.25) is 4.90 Å². The summed E-state index contributed by atoms with van der Waals surface area (Å²) < 4.78 is 10.7. The second-order valence-corrected chi connectivity index (χ2v) is 4.91. The Balaban J connectivity index is 1.60. The Bertz CT molecular complexity index is 425. The molecule has 2 aliphatic heterocycles. The minimum Gasteiger partial charge on any atom is -0.454 e. The van der Waals surface area contributed by atoms with Crippen molar-refractivity contribution in [3.05, 3.63) is 23.8 Å². The summed E-state index contributed by atoms with van der Waals surface area (Å²) in [6.07, 6.45) is 1.15. The molecule has 0 bridgehead atoms. The SMILES string of the molecule is NOCC1CCN(Cc2ccc3c(c2)OCO3)C1. The van der Waals surface area contributed by atoms with Crippen LogP contribution in [0.15, 0.2) is 18.2 Å². The first kappa shape index (κ1) is 11.8. The molecule has 18 heavy (non-hydrogen) atoms. The van der Waals surface area contributed by atoms with Crippen molar-refractivity contribution in [2.45, 2.75) is 13.0 Å². The van der Waals surface area contributed by atoms with Crippen LogP contribution in [-0.4, -0.2) is 31.4 Å². The van der Waals surface area contributed by atoms with E-state index in [-0.39, 0.29) is 0 Å². The molecule has 1 aromatic carbocycles. The van der Waals surface area contributed by atoms with Crippen LogP contribution in [0.4, 0.5) is 0 Å². The molecule has 0 aromatic heterocycles. The maximum Gasteiger partial charge on any atom is 0.231 e. The van der Waals surface area contributed by atoms with Gasteiger partial charge in [0, 0.05) is 13.1 Å². The molecule has 0 radical (unpaired) electrons. The fourth-order valence-corrected chi connectivity index (χ4v) is 2.63. The zero-order valence-electron chi connectivity index (χ0n) is 10.3. The number of nitrogens with two attached hydrogens (primary N) is 1. The van der Waals surface area contributed by atoms with Gasteiger partial charge in [-0.2, -0.15) is 0 Å². The molecular weight excluding hydrogens is 232 g/mol. The highest BCUT2D eigenvalue weighted by Gasteiger charge is 2.23. The number of nitrogens with zero attached hydrogens (tertiary/aromatic N) is 1. The Morgan fingerprint density at radius 2 is 2.22 bits per heavy atom. The van der Waals surface area contributed by atoms with Crippen LogP contribution >= 0.6 is 0 Å². The average Bonchev–Trinajstić information content (AvgIpc) is 2.98. The summed E-state index contributed by atoms with van der Waals surface area (Å²) >= 11 is 0. The summed E-state index contributed by atoms with van der Waals surface area (Å²) in [6, 6.07) is 6.14. The van der Waals surface area contributed by atoms with Crippen molar-refractivity contribution in [3.63, 3.8) is 0 Å². The van der Waals surface area contributed by atoms with E-state index in [1.807, 2.05) is 6.07 Å². The molecule has 5 heteroatoms. The monoisotopic (exact) mass is 250 g/mol. The van der Waals surface area contributed by atoms with E-state index < -0.39 is 0 Å². The largest absolute Gasteiger partial charge is 0.454 e. The van der Waals surface area contributed by atoms with Crippen molar-refractivity contribution in [3.8, 4) is 11.5 Å². The van der Waals surface area contributed by atoms with Crippen LogP contribution in [0.25, 0.3) is 0 Å². The summed E-state index contributed by atoms with van der Waals surface area (Å²) in [5, 5.41) is 0. The molecule has 3 rings (SSSR count). The second-order valence-electron chi connectivity index (χ2n) is 4.91. The first-order valence-electron chi connectivity index (χ1n) is 6.27. The quantitative estimate of drug-likeness (QED) is 0.812. The highest BCUT2D eigenvalue weighted by molar-refractivity contribution is 5.44. The van der Waals surface area contributed by atoms with Gasteiger partial charge in [0.1, 0.15) is 0 Å². The normalized spacial score (nSPS) is 22.6. The molecule has 1 saturated heterocycles. The molecule has 0 amide bonds. The number of fused-ring (bicyclic) bond motifs is 1. The van der Waals surface area contributed by atoms with Crippen molar-refractivity contribution < 1.29 is 14.3 Å². The molecule has 1 fully saturated rings. The van der Waals surface area contributed by atoms with Gasteiger partial charge in [0.2, 0.25) is 6.79 Å². The van der Waals surface area contributed by atoms with Crippen LogP contribution in [0.3, 0.4) is 0 Å². The van der Waals surface area contributed by atoms with E-state index in [9.17, 15) is 0 Å². The zero-order chi connectivity index (χ0) is 12.4. The topological polar surface area (TPSA) is 57.0 Å². The second kappa shape index (κ2) is 5.14. The zero-order valence-corrected chi connectivity index (χ0v) is 10.3. The van der Waals surface area contributed by atoms with Crippen LogP contribution in [0.2, 0.25) is 0 Å². The third kappa shape index (κ3) is 2.43. The Kier molecular flexibility index (Phi) is 3.36. The Morgan fingerprint density at radius 1 is 1.33 bits per heavy atom. The van der Waals surface area contributed by atoms with Crippen molar-refractivity contribution in [1.82, 2.24) is 4.90 Å². The fourth-order valence-electron chi connectivity index (χ4n) is 2.63. The average molecular weight is 250 g/mol. The molecule has 1 unspecified atom stereocenters. The lowest BCUT2D eigenvalue weighted by molar-refractivity contribution is 0.103. The van der Waals surface area contributed by atoms with Gasteiger partial charge in [0.15, 0.2) is 11.5 Å². The van der Waals surface area contributed by atoms with E-state index in [1.165, 1.54) is 5.56 Å². The van der Waals surface area contributed by atoms with Crippen LogP contribution in [-0.2, 0) is 11.4 Å². The lowest BCUT2D eigenvalue weighted by Crippen LogP contribution is -2.22.